The molecule has 1 aliphatic carbocycles. The van der Waals surface area contributed by atoms with E-state index in [-0.39, 0.29) is 12.0 Å². The maximum Gasteiger partial charge on any atom is 0.0490 e. The molecule has 0 amide bonds. The summed E-state index contributed by atoms with van der Waals surface area (Å²) in [5.41, 5.74) is 1.67. The van der Waals surface area contributed by atoms with Gasteiger partial charge in [0, 0.05) is 23.5 Å². The zero-order chi connectivity index (χ0) is 14.8. The molecule has 1 saturated carbocycles. The molecule has 0 atom stereocenters. The van der Waals surface area contributed by atoms with Crippen molar-refractivity contribution in [3.8, 4) is 0 Å². The van der Waals surface area contributed by atoms with E-state index in [2.05, 4.69) is 47.8 Å². The first-order valence-corrected chi connectivity index (χ1v) is 8.34. The highest BCUT2D eigenvalue weighted by Crippen LogP contribution is 2.46. The van der Waals surface area contributed by atoms with Gasteiger partial charge in [0.05, 0.1) is 0 Å². The third kappa shape index (κ3) is 3.82. The molecule has 0 spiro atoms. The molecule has 1 heterocycles. The summed E-state index contributed by atoms with van der Waals surface area (Å²) in [5.74, 6) is 0.780. The number of nitrogens with zero attached hydrogens (tertiary/aromatic N) is 1. The lowest BCUT2D eigenvalue weighted by Crippen LogP contribution is -2.36. The molecule has 1 aromatic rings. The molecule has 0 unspecified atom stereocenters. The van der Waals surface area contributed by atoms with E-state index in [1.54, 1.807) is 0 Å². The average Bonchev–Trinajstić information content (AvgIpc) is 2.38. The zero-order valence-corrected chi connectivity index (χ0v) is 14.4. The first-order chi connectivity index (χ1) is 9.35. The fourth-order valence-electron chi connectivity index (χ4n) is 3.47. The van der Waals surface area contributed by atoms with Crippen LogP contribution in [0.1, 0.15) is 52.0 Å². The molecule has 0 aromatic carbocycles. The van der Waals surface area contributed by atoms with Crippen LogP contribution >= 0.6 is 15.9 Å². The Bertz CT molecular complexity index is 445. The number of pyridine rings is 1. The van der Waals surface area contributed by atoms with E-state index < -0.39 is 0 Å². The normalized spacial score (nSPS) is 27.6. The van der Waals surface area contributed by atoms with Crippen LogP contribution in [0, 0.1) is 16.7 Å². The molecule has 1 aromatic heterocycles. The molecule has 1 aliphatic rings. The molecule has 2 rings (SSSR count). The Balaban J connectivity index is 2.05. The summed E-state index contributed by atoms with van der Waals surface area (Å²) in [7, 11) is 0. The molecule has 0 saturated heterocycles. The number of aliphatic hydroxyl groups excluding tert-OH is 1. The Morgan fingerprint density at radius 3 is 2.45 bits per heavy atom. The standard InChI is InChI=1S/C17H26BrNO/c1-16(2,3)14-4-6-17(12-20,7-5-14)9-13-8-15(18)11-19-10-13/h8,10-11,14,20H,4-7,9,12H2,1-3H3. The van der Waals surface area contributed by atoms with Crippen molar-refractivity contribution < 1.29 is 5.11 Å². The summed E-state index contributed by atoms with van der Waals surface area (Å²) in [5, 5.41) is 9.93. The Hall–Kier alpha value is -0.410. The van der Waals surface area contributed by atoms with Crippen molar-refractivity contribution in [2.75, 3.05) is 6.61 Å². The first kappa shape index (κ1) is 16.0. The van der Waals surface area contributed by atoms with Crippen molar-refractivity contribution in [1.82, 2.24) is 4.98 Å². The van der Waals surface area contributed by atoms with Gasteiger partial charge in [-0.3, -0.25) is 4.98 Å². The maximum atomic E-state index is 9.93. The van der Waals surface area contributed by atoms with Crippen LogP contribution in [-0.2, 0) is 6.42 Å². The number of aliphatic hydroxyl groups is 1. The van der Waals surface area contributed by atoms with Crippen LogP contribution in [0.3, 0.4) is 0 Å². The number of hydrogen-bond donors (Lipinski definition) is 1. The van der Waals surface area contributed by atoms with Crippen molar-refractivity contribution in [1.29, 1.82) is 0 Å². The highest BCUT2D eigenvalue weighted by atomic mass is 79.9. The van der Waals surface area contributed by atoms with Crippen LogP contribution in [0.5, 0.6) is 0 Å². The molecular weight excluding hydrogens is 314 g/mol. The number of rotatable bonds is 3. The van der Waals surface area contributed by atoms with E-state index in [0.717, 1.165) is 29.7 Å². The van der Waals surface area contributed by atoms with Gasteiger partial charge in [0.2, 0.25) is 0 Å². The average molecular weight is 340 g/mol. The van der Waals surface area contributed by atoms with Crippen LogP contribution in [0.4, 0.5) is 0 Å². The minimum atomic E-state index is 0.0597. The van der Waals surface area contributed by atoms with Crippen molar-refractivity contribution in [3.05, 3.63) is 28.5 Å². The smallest absolute Gasteiger partial charge is 0.0490 e. The second-order valence-corrected chi connectivity index (χ2v) is 8.40. The summed E-state index contributed by atoms with van der Waals surface area (Å²) in [6.45, 7) is 7.29. The highest BCUT2D eigenvalue weighted by molar-refractivity contribution is 9.10. The minimum Gasteiger partial charge on any atom is -0.396 e. The SMILES string of the molecule is CC(C)(C)C1CCC(CO)(Cc2cncc(Br)c2)CC1. The van der Waals surface area contributed by atoms with E-state index in [0.29, 0.717) is 5.41 Å². The molecule has 1 N–H and O–H groups in total. The van der Waals surface area contributed by atoms with Gasteiger partial charge in [-0.25, -0.2) is 0 Å². The highest BCUT2D eigenvalue weighted by Gasteiger charge is 2.38. The van der Waals surface area contributed by atoms with E-state index in [9.17, 15) is 5.11 Å². The summed E-state index contributed by atoms with van der Waals surface area (Å²) in [6.07, 6.45) is 9.38. The summed E-state index contributed by atoms with van der Waals surface area (Å²) in [4.78, 5) is 4.24. The van der Waals surface area contributed by atoms with Gasteiger partial charge >= 0.3 is 0 Å². The Morgan fingerprint density at radius 1 is 1.30 bits per heavy atom. The van der Waals surface area contributed by atoms with Crippen LogP contribution < -0.4 is 0 Å². The number of hydrogen-bond acceptors (Lipinski definition) is 2. The Labute approximate surface area is 131 Å². The molecule has 0 radical (unpaired) electrons. The van der Waals surface area contributed by atoms with Gasteiger partial charge in [0.15, 0.2) is 0 Å². The van der Waals surface area contributed by atoms with Gasteiger partial charge in [-0.15, -0.1) is 0 Å². The van der Waals surface area contributed by atoms with E-state index in [1.807, 2.05) is 12.4 Å². The Kier molecular flexibility index (Phi) is 4.91. The maximum absolute atomic E-state index is 9.93. The van der Waals surface area contributed by atoms with Crippen LogP contribution in [-0.4, -0.2) is 16.7 Å². The van der Waals surface area contributed by atoms with Crippen LogP contribution in [0.2, 0.25) is 0 Å². The number of halogens is 1. The quantitative estimate of drug-likeness (QED) is 0.872. The third-order valence-electron chi connectivity index (χ3n) is 4.95. The fourth-order valence-corrected chi connectivity index (χ4v) is 3.88. The largest absolute Gasteiger partial charge is 0.396 e. The van der Waals surface area contributed by atoms with Crippen molar-refractivity contribution in [3.63, 3.8) is 0 Å². The second kappa shape index (κ2) is 6.15. The van der Waals surface area contributed by atoms with Gasteiger partial charge < -0.3 is 5.11 Å². The molecule has 2 nitrogen and oxygen atoms in total. The van der Waals surface area contributed by atoms with Crippen molar-refractivity contribution in [2.45, 2.75) is 52.9 Å². The summed E-state index contributed by atoms with van der Waals surface area (Å²) in [6, 6.07) is 2.13. The number of aromatic nitrogens is 1. The van der Waals surface area contributed by atoms with Gasteiger partial charge in [-0.1, -0.05) is 20.8 Å². The summed E-state index contributed by atoms with van der Waals surface area (Å²) < 4.78 is 1.02. The van der Waals surface area contributed by atoms with Gasteiger partial charge in [-0.05, 0) is 76.4 Å². The second-order valence-electron chi connectivity index (χ2n) is 7.49. The lowest BCUT2D eigenvalue weighted by atomic mass is 9.63. The van der Waals surface area contributed by atoms with Crippen molar-refractivity contribution >= 4 is 15.9 Å². The molecular formula is C17H26BrNO. The lowest BCUT2D eigenvalue weighted by Gasteiger charge is -2.43. The monoisotopic (exact) mass is 339 g/mol. The summed E-state index contributed by atoms with van der Waals surface area (Å²) >= 11 is 3.48. The van der Waals surface area contributed by atoms with E-state index >= 15 is 0 Å². The molecule has 0 aliphatic heterocycles. The molecule has 20 heavy (non-hydrogen) atoms. The van der Waals surface area contributed by atoms with Gasteiger partial charge in [0.1, 0.15) is 0 Å². The molecule has 0 bridgehead atoms. The van der Waals surface area contributed by atoms with Gasteiger partial charge in [-0.2, -0.15) is 0 Å². The first-order valence-electron chi connectivity index (χ1n) is 7.55. The topological polar surface area (TPSA) is 33.1 Å². The minimum absolute atomic E-state index is 0.0597. The predicted octanol–water partition coefficient (Wildman–Crippen LogP) is 4.60. The zero-order valence-electron chi connectivity index (χ0n) is 12.8. The molecule has 1 fully saturated rings. The van der Waals surface area contributed by atoms with Gasteiger partial charge in [0.25, 0.3) is 0 Å². The van der Waals surface area contributed by atoms with Crippen LogP contribution in [0.25, 0.3) is 0 Å². The van der Waals surface area contributed by atoms with Crippen LogP contribution in [0.15, 0.2) is 22.9 Å². The molecule has 112 valence electrons. The molecule has 3 heteroatoms. The lowest BCUT2D eigenvalue weighted by molar-refractivity contribution is 0.0368. The fraction of sp³-hybridized carbons (Fsp3) is 0.706. The van der Waals surface area contributed by atoms with E-state index in [4.69, 9.17) is 0 Å². The predicted molar refractivity (Wildman–Crippen MR) is 86.6 cm³/mol. The third-order valence-corrected chi connectivity index (χ3v) is 5.38. The Morgan fingerprint density at radius 2 is 1.95 bits per heavy atom. The van der Waals surface area contributed by atoms with Crippen molar-refractivity contribution in [2.24, 2.45) is 16.7 Å². The van der Waals surface area contributed by atoms with E-state index in [1.165, 1.54) is 18.4 Å².